The van der Waals surface area contributed by atoms with Crippen molar-refractivity contribution >= 4 is 29.5 Å². The van der Waals surface area contributed by atoms with Crippen LogP contribution in [-0.2, 0) is 19.1 Å². The number of alkyl carbamates (subject to hydrolysis) is 1. The largest absolute Gasteiger partial charge is 0.497 e. The van der Waals surface area contributed by atoms with Crippen LogP contribution in [0.15, 0.2) is 48.5 Å². The highest BCUT2D eigenvalue weighted by atomic mass is 16.6. The van der Waals surface area contributed by atoms with Crippen molar-refractivity contribution in [3.05, 3.63) is 59.7 Å². The molecule has 11 heteroatoms. The first-order valence-corrected chi connectivity index (χ1v) is 12.5. The first kappa shape index (κ1) is 31.1. The second-order valence-corrected chi connectivity index (χ2v) is 9.99. The van der Waals surface area contributed by atoms with E-state index in [1.54, 1.807) is 63.2 Å². The summed E-state index contributed by atoms with van der Waals surface area (Å²) in [7, 11) is 1.53. The minimum atomic E-state index is -1.25. The van der Waals surface area contributed by atoms with Gasteiger partial charge in [0.05, 0.1) is 13.7 Å². The molecule has 0 bridgehead atoms. The fourth-order valence-electron chi connectivity index (χ4n) is 3.87. The molecule has 0 heterocycles. The molecule has 0 aliphatic rings. The Morgan fingerprint density at radius 2 is 1.74 bits per heavy atom. The zero-order valence-electron chi connectivity index (χ0n) is 23.0. The lowest BCUT2D eigenvalue weighted by Gasteiger charge is -2.34. The quantitative estimate of drug-likeness (QED) is 0.321. The zero-order chi connectivity index (χ0) is 29.2. The number of aryl methyl sites for hydroxylation is 1. The number of amides is 4. The molecule has 2 aromatic carbocycles. The van der Waals surface area contributed by atoms with Gasteiger partial charge in [-0.15, -0.1) is 0 Å². The third-order valence-corrected chi connectivity index (χ3v) is 5.57. The minimum absolute atomic E-state index is 0.129. The Kier molecular flexibility index (Phi) is 11.3. The van der Waals surface area contributed by atoms with Gasteiger partial charge in [0.2, 0.25) is 11.8 Å². The van der Waals surface area contributed by atoms with Gasteiger partial charge in [-0.05, 0) is 63.9 Å². The Balaban J connectivity index is 2.48. The van der Waals surface area contributed by atoms with Crippen LogP contribution in [0.3, 0.4) is 0 Å². The van der Waals surface area contributed by atoms with Crippen LogP contribution >= 0.6 is 0 Å². The van der Waals surface area contributed by atoms with Gasteiger partial charge in [-0.1, -0.05) is 29.8 Å². The maximum atomic E-state index is 13.9. The molecular weight excluding hydrogens is 504 g/mol. The van der Waals surface area contributed by atoms with E-state index in [4.69, 9.17) is 15.2 Å². The van der Waals surface area contributed by atoms with Crippen LogP contribution < -0.4 is 21.1 Å². The number of methoxy groups -OCH3 is 1. The van der Waals surface area contributed by atoms with Gasteiger partial charge in [0.25, 0.3) is 5.91 Å². The van der Waals surface area contributed by atoms with Gasteiger partial charge in [0.1, 0.15) is 23.4 Å². The number of hydrogen-bond donors (Lipinski definition) is 4. The Morgan fingerprint density at radius 3 is 2.28 bits per heavy atom. The fraction of sp³-hybridized carbons (Fsp3) is 0.429. The summed E-state index contributed by atoms with van der Waals surface area (Å²) in [6.45, 7) is 6.17. The first-order valence-electron chi connectivity index (χ1n) is 12.5. The van der Waals surface area contributed by atoms with Gasteiger partial charge in [0.15, 0.2) is 0 Å². The number of benzene rings is 2. The molecule has 0 saturated carbocycles. The predicted molar refractivity (Wildman–Crippen MR) is 146 cm³/mol. The number of aliphatic hydroxyl groups is 1. The lowest BCUT2D eigenvalue weighted by atomic mass is 10.00. The maximum Gasteiger partial charge on any atom is 0.408 e. The topological polar surface area (TPSA) is 160 Å². The van der Waals surface area contributed by atoms with Crippen molar-refractivity contribution in [2.24, 2.45) is 5.73 Å². The average Bonchev–Trinajstić information content (AvgIpc) is 2.85. The second kappa shape index (κ2) is 14.1. The third-order valence-electron chi connectivity index (χ3n) is 5.57. The van der Waals surface area contributed by atoms with Crippen molar-refractivity contribution < 1.29 is 33.8 Å². The number of anilines is 1. The van der Waals surface area contributed by atoms with Crippen molar-refractivity contribution in [3.63, 3.8) is 0 Å². The number of primary amides is 1. The molecule has 2 aromatic rings. The van der Waals surface area contributed by atoms with E-state index in [2.05, 4.69) is 10.6 Å². The van der Waals surface area contributed by atoms with Crippen LogP contribution in [0.2, 0.25) is 0 Å². The van der Waals surface area contributed by atoms with Crippen molar-refractivity contribution in [1.29, 1.82) is 0 Å². The van der Waals surface area contributed by atoms with Crippen molar-refractivity contribution in [2.75, 3.05) is 25.6 Å². The minimum Gasteiger partial charge on any atom is -0.497 e. The van der Waals surface area contributed by atoms with Crippen LogP contribution in [0, 0.1) is 6.92 Å². The Morgan fingerprint density at radius 1 is 1.08 bits per heavy atom. The molecule has 2 unspecified atom stereocenters. The molecule has 39 heavy (non-hydrogen) atoms. The Labute approximate surface area is 228 Å². The summed E-state index contributed by atoms with van der Waals surface area (Å²) in [6.07, 6.45) is -1.20. The van der Waals surface area contributed by atoms with Crippen molar-refractivity contribution in [2.45, 2.75) is 58.2 Å². The summed E-state index contributed by atoms with van der Waals surface area (Å²) in [6, 6.07) is 11.3. The second-order valence-electron chi connectivity index (χ2n) is 9.99. The standard InChI is InChI=1S/C28H38N4O7/c1-18-7-6-8-19(17-18)24(25(35)30-20-9-11-21(38-5)12-10-20)32(15-16-33)26(36)22(13-14-23(29)34)31-27(37)39-28(2,3)4/h6-12,17,22,24,33H,13-16H2,1-5H3,(H2,29,34)(H,30,35)(H,31,37). The number of rotatable bonds is 12. The van der Waals surface area contributed by atoms with Gasteiger partial charge in [0, 0.05) is 18.7 Å². The summed E-state index contributed by atoms with van der Waals surface area (Å²) in [5, 5.41) is 15.2. The number of nitrogens with one attached hydrogen (secondary N) is 2. The van der Waals surface area contributed by atoms with E-state index in [0.29, 0.717) is 17.0 Å². The van der Waals surface area contributed by atoms with E-state index in [1.807, 2.05) is 13.0 Å². The monoisotopic (exact) mass is 542 g/mol. The van der Waals surface area contributed by atoms with Crippen LogP contribution in [0.4, 0.5) is 10.5 Å². The zero-order valence-corrected chi connectivity index (χ0v) is 23.0. The van der Waals surface area contributed by atoms with E-state index in [9.17, 15) is 24.3 Å². The van der Waals surface area contributed by atoms with E-state index in [1.165, 1.54) is 12.0 Å². The fourth-order valence-corrected chi connectivity index (χ4v) is 3.87. The lowest BCUT2D eigenvalue weighted by Crippen LogP contribution is -2.53. The van der Waals surface area contributed by atoms with Gasteiger partial charge < -0.3 is 35.8 Å². The summed E-state index contributed by atoms with van der Waals surface area (Å²) in [5.74, 6) is -1.29. The van der Waals surface area contributed by atoms with E-state index in [-0.39, 0.29) is 19.4 Å². The van der Waals surface area contributed by atoms with Crippen LogP contribution in [0.1, 0.15) is 50.8 Å². The summed E-state index contributed by atoms with van der Waals surface area (Å²) in [5.41, 5.74) is 6.28. The molecule has 0 fully saturated rings. The lowest BCUT2D eigenvalue weighted by molar-refractivity contribution is -0.141. The molecule has 0 aromatic heterocycles. The summed E-state index contributed by atoms with van der Waals surface area (Å²) < 4.78 is 10.5. The smallest absolute Gasteiger partial charge is 0.408 e. The number of ether oxygens (including phenoxy) is 2. The average molecular weight is 543 g/mol. The van der Waals surface area contributed by atoms with Gasteiger partial charge in [-0.25, -0.2) is 4.79 Å². The molecular formula is C28H38N4O7. The number of carbonyl (C=O) groups is 4. The SMILES string of the molecule is COc1ccc(NC(=O)C(c2cccc(C)c2)N(CCO)C(=O)C(CCC(N)=O)NC(=O)OC(C)(C)C)cc1. The van der Waals surface area contributed by atoms with Crippen LogP contribution in [-0.4, -0.2) is 65.7 Å². The number of nitrogens with zero attached hydrogens (tertiary/aromatic N) is 1. The van der Waals surface area contributed by atoms with Crippen LogP contribution in [0.5, 0.6) is 5.75 Å². The summed E-state index contributed by atoms with van der Waals surface area (Å²) >= 11 is 0. The normalized spacial score (nSPS) is 12.6. The van der Waals surface area contributed by atoms with Crippen molar-refractivity contribution in [1.82, 2.24) is 10.2 Å². The molecule has 4 amide bonds. The molecule has 0 aliphatic carbocycles. The third kappa shape index (κ3) is 9.93. The molecule has 0 saturated heterocycles. The number of aliphatic hydroxyl groups excluding tert-OH is 1. The molecule has 0 spiro atoms. The molecule has 0 radical (unpaired) electrons. The molecule has 212 valence electrons. The number of hydrogen-bond acceptors (Lipinski definition) is 7. The van der Waals surface area contributed by atoms with Crippen molar-refractivity contribution in [3.8, 4) is 5.75 Å². The molecule has 2 rings (SSSR count). The van der Waals surface area contributed by atoms with E-state index in [0.717, 1.165) is 5.56 Å². The van der Waals surface area contributed by atoms with Gasteiger partial charge in [-0.3, -0.25) is 14.4 Å². The van der Waals surface area contributed by atoms with E-state index < -0.39 is 48.1 Å². The highest BCUT2D eigenvalue weighted by Gasteiger charge is 2.36. The highest BCUT2D eigenvalue weighted by molar-refractivity contribution is 5.99. The number of carbonyl (C=O) groups excluding carboxylic acids is 4. The van der Waals surface area contributed by atoms with Gasteiger partial charge >= 0.3 is 6.09 Å². The molecule has 0 aliphatic heterocycles. The molecule has 2 atom stereocenters. The highest BCUT2D eigenvalue weighted by Crippen LogP contribution is 2.26. The maximum absolute atomic E-state index is 13.9. The Hall–Kier alpha value is -4.12. The summed E-state index contributed by atoms with van der Waals surface area (Å²) in [4.78, 5) is 52.8. The Bertz CT molecular complexity index is 1150. The van der Waals surface area contributed by atoms with E-state index >= 15 is 0 Å². The molecule has 11 nitrogen and oxygen atoms in total. The molecule has 5 N–H and O–H groups in total. The predicted octanol–water partition coefficient (Wildman–Crippen LogP) is 2.66. The first-order chi connectivity index (χ1) is 18.3. The van der Waals surface area contributed by atoms with Crippen LogP contribution in [0.25, 0.3) is 0 Å². The number of nitrogens with two attached hydrogens (primary N) is 1. The van der Waals surface area contributed by atoms with Gasteiger partial charge in [-0.2, -0.15) is 0 Å².